The van der Waals surface area contributed by atoms with Crippen molar-refractivity contribution in [3.63, 3.8) is 0 Å². The largest absolute Gasteiger partial charge is 0.355 e. The van der Waals surface area contributed by atoms with E-state index in [1.165, 1.54) is 0 Å². The van der Waals surface area contributed by atoms with Gasteiger partial charge in [-0.15, -0.1) is 0 Å². The fraction of sp³-hybridized carbons (Fsp3) is 0.0800. The first-order valence-electron chi connectivity index (χ1n) is 9.91. The zero-order chi connectivity index (χ0) is 21.8. The molecule has 0 saturated carbocycles. The number of amides is 2. The third-order valence-corrected chi connectivity index (χ3v) is 4.91. The van der Waals surface area contributed by atoms with Crippen LogP contribution in [-0.2, 0) is 0 Å². The summed E-state index contributed by atoms with van der Waals surface area (Å²) in [6.45, 7) is 2.02. The Kier molecular flexibility index (Phi) is 5.62. The van der Waals surface area contributed by atoms with Crippen LogP contribution in [0.2, 0.25) is 0 Å². The van der Waals surface area contributed by atoms with Crippen LogP contribution >= 0.6 is 0 Å². The van der Waals surface area contributed by atoms with Crippen LogP contribution in [0.15, 0.2) is 85.1 Å². The molecule has 0 spiro atoms. The summed E-state index contributed by atoms with van der Waals surface area (Å²) in [6.07, 6.45) is 1.73. The highest BCUT2D eigenvalue weighted by Crippen LogP contribution is 2.25. The van der Waals surface area contributed by atoms with Crippen molar-refractivity contribution in [3.05, 3.63) is 102 Å². The Morgan fingerprint density at radius 3 is 2.32 bits per heavy atom. The number of hydrogen-bond donors (Lipinski definition) is 2. The lowest BCUT2D eigenvalue weighted by Gasteiger charge is -2.07. The maximum Gasteiger partial charge on any atom is 0.259 e. The lowest BCUT2D eigenvalue weighted by Crippen LogP contribution is -2.18. The van der Waals surface area contributed by atoms with Crippen molar-refractivity contribution in [3.8, 4) is 16.9 Å². The minimum atomic E-state index is -0.300. The maximum atomic E-state index is 13.2. The van der Waals surface area contributed by atoms with Crippen LogP contribution in [0.3, 0.4) is 0 Å². The number of hydrogen-bond acceptors (Lipinski definition) is 3. The molecule has 0 fully saturated rings. The second-order valence-corrected chi connectivity index (χ2v) is 7.15. The zero-order valence-electron chi connectivity index (χ0n) is 17.3. The first-order chi connectivity index (χ1) is 15.0. The second-order valence-electron chi connectivity index (χ2n) is 7.15. The van der Waals surface area contributed by atoms with Gasteiger partial charge >= 0.3 is 0 Å². The Hall–Kier alpha value is -4.19. The van der Waals surface area contributed by atoms with Crippen molar-refractivity contribution in [1.82, 2.24) is 15.1 Å². The Bertz CT molecular complexity index is 1230. The van der Waals surface area contributed by atoms with E-state index in [-0.39, 0.29) is 11.8 Å². The summed E-state index contributed by atoms with van der Waals surface area (Å²) in [6, 6.07) is 24.3. The van der Waals surface area contributed by atoms with Gasteiger partial charge in [-0.1, -0.05) is 54.1 Å². The fourth-order valence-corrected chi connectivity index (χ4v) is 3.26. The van der Waals surface area contributed by atoms with E-state index in [1.54, 1.807) is 42.2 Å². The molecule has 154 valence electrons. The summed E-state index contributed by atoms with van der Waals surface area (Å²) in [5, 5.41) is 10.2. The predicted molar refractivity (Wildman–Crippen MR) is 122 cm³/mol. The molecule has 0 radical (unpaired) electrons. The van der Waals surface area contributed by atoms with Gasteiger partial charge in [0.2, 0.25) is 0 Å². The predicted octanol–water partition coefficient (Wildman–Crippen LogP) is 4.46. The van der Waals surface area contributed by atoms with Crippen LogP contribution in [0.1, 0.15) is 26.3 Å². The number of anilines is 1. The van der Waals surface area contributed by atoms with Gasteiger partial charge in [0.15, 0.2) is 0 Å². The summed E-state index contributed by atoms with van der Waals surface area (Å²) in [5.41, 5.74) is 4.89. The highest BCUT2D eigenvalue weighted by Gasteiger charge is 2.19. The van der Waals surface area contributed by atoms with Gasteiger partial charge in [0, 0.05) is 30.1 Å². The van der Waals surface area contributed by atoms with E-state index in [2.05, 4.69) is 10.6 Å². The molecule has 1 aromatic heterocycles. The Morgan fingerprint density at radius 2 is 1.61 bits per heavy atom. The molecule has 31 heavy (non-hydrogen) atoms. The molecule has 0 saturated heterocycles. The lowest BCUT2D eigenvalue weighted by molar-refractivity contribution is 0.0961. The summed E-state index contributed by atoms with van der Waals surface area (Å²) in [4.78, 5) is 25.1. The molecule has 0 aliphatic heterocycles. The van der Waals surface area contributed by atoms with Gasteiger partial charge < -0.3 is 10.6 Å². The van der Waals surface area contributed by atoms with Crippen molar-refractivity contribution >= 4 is 17.5 Å². The molecule has 0 atom stereocenters. The monoisotopic (exact) mass is 410 g/mol. The number of carbonyl (C=O) groups is 2. The van der Waals surface area contributed by atoms with Crippen molar-refractivity contribution in [1.29, 1.82) is 0 Å². The van der Waals surface area contributed by atoms with Gasteiger partial charge in [-0.25, -0.2) is 4.68 Å². The van der Waals surface area contributed by atoms with E-state index in [0.717, 1.165) is 16.8 Å². The number of nitrogens with zero attached hydrogens (tertiary/aromatic N) is 2. The third-order valence-electron chi connectivity index (χ3n) is 4.91. The Morgan fingerprint density at radius 1 is 0.871 bits per heavy atom. The smallest absolute Gasteiger partial charge is 0.259 e. The minimum Gasteiger partial charge on any atom is -0.355 e. The van der Waals surface area contributed by atoms with Crippen molar-refractivity contribution in [2.75, 3.05) is 12.4 Å². The molecule has 0 aliphatic rings. The molecule has 0 bridgehead atoms. The van der Waals surface area contributed by atoms with Crippen LogP contribution in [0.25, 0.3) is 16.9 Å². The molecule has 4 rings (SSSR count). The summed E-state index contributed by atoms with van der Waals surface area (Å²) in [5.74, 6) is -0.514. The van der Waals surface area contributed by atoms with Crippen LogP contribution < -0.4 is 10.6 Å². The van der Waals surface area contributed by atoms with Crippen molar-refractivity contribution < 1.29 is 9.59 Å². The van der Waals surface area contributed by atoms with Gasteiger partial charge in [-0.05, 0) is 37.3 Å². The fourth-order valence-electron chi connectivity index (χ4n) is 3.26. The molecular formula is C25H22N4O2. The molecule has 6 nitrogen and oxygen atoms in total. The molecule has 1 heterocycles. The zero-order valence-corrected chi connectivity index (χ0v) is 17.3. The van der Waals surface area contributed by atoms with E-state index in [1.807, 2.05) is 61.5 Å². The minimum absolute atomic E-state index is 0.215. The number of aromatic nitrogens is 2. The van der Waals surface area contributed by atoms with Gasteiger partial charge in [0.1, 0.15) is 5.69 Å². The molecule has 3 aromatic carbocycles. The van der Waals surface area contributed by atoms with Crippen LogP contribution in [0, 0.1) is 6.92 Å². The Balaban J connectivity index is 1.71. The average molecular weight is 410 g/mol. The van der Waals surface area contributed by atoms with Crippen LogP contribution in [0.4, 0.5) is 5.69 Å². The number of nitrogens with one attached hydrogen (secondary N) is 2. The summed E-state index contributed by atoms with van der Waals surface area (Å²) < 4.78 is 1.71. The van der Waals surface area contributed by atoms with E-state index >= 15 is 0 Å². The number of carbonyl (C=O) groups excluding carboxylic acids is 2. The maximum absolute atomic E-state index is 13.2. The highest BCUT2D eigenvalue weighted by molar-refractivity contribution is 6.08. The molecule has 6 heteroatoms. The number of aryl methyl sites for hydroxylation is 1. The lowest BCUT2D eigenvalue weighted by atomic mass is 10.1. The SMILES string of the molecule is CNC(=O)c1cccc(NC(=O)c2cn(-c3ccc(C)cc3)nc2-c2ccccc2)c1. The van der Waals surface area contributed by atoms with E-state index < -0.39 is 0 Å². The number of rotatable bonds is 5. The normalized spacial score (nSPS) is 10.5. The topological polar surface area (TPSA) is 76.0 Å². The first-order valence-corrected chi connectivity index (χ1v) is 9.91. The van der Waals surface area contributed by atoms with E-state index in [4.69, 9.17) is 5.10 Å². The van der Waals surface area contributed by atoms with Gasteiger partial charge in [-0.2, -0.15) is 5.10 Å². The van der Waals surface area contributed by atoms with Crippen LogP contribution in [0.5, 0.6) is 0 Å². The molecular weight excluding hydrogens is 388 g/mol. The third kappa shape index (κ3) is 4.38. The summed E-state index contributed by atoms with van der Waals surface area (Å²) >= 11 is 0. The van der Waals surface area contributed by atoms with Gasteiger partial charge in [-0.3, -0.25) is 9.59 Å². The quantitative estimate of drug-likeness (QED) is 0.510. The molecule has 2 N–H and O–H groups in total. The van der Waals surface area contributed by atoms with E-state index in [9.17, 15) is 9.59 Å². The van der Waals surface area contributed by atoms with Gasteiger partial charge in [0.25, 0.3) is 11.8 Å². The van der Waals surface area contributed by atoms with Gasteiger partial charge in [0.05, 0.1) is 11.3 Å². The second kappa shape index (κ2) is 8.67. The Labute approximate surface area is 180 Å². The number of benzene rings is 3. The average Bonchev–Trinajstić information content (AvgIpc) is 3.25. The molecule has 0 unspecified atom stereocenters. The van der Waals surface area contributed by atoms with Crippen LogP contribution in [-0.4, -0.2) is 28.6 Å². The van der Waals surface area contributed by atoms with Crippen molar-refractivity contribution in [2.45, 2.75) is 6.92 Å². The van der Waals surface area contributed by atoms with Crippen molar-refractivity contribution in [2.24, 2.45) is 0 Å². The molecule has 2 amide bonds. The molecule has 0 aliphatic carbocycles. The standard InChI is InChI=1S/C25H22N4O2/c1-17-11-13-21(14-12-17)29-16-22(23(28-29)18-7-4-3-5-8-18)25(31)27-20-10-6-9-19(15-20)24(30)26-2/h3-16H,1-2H3,(H,26,30)(H,27,31). The van der Waals surface area contributed by atoms with E-state index in [0.29, 0.717) is 22.5 Å². The summed E-state index contributed by atoms with van der Waals surface area (Å²) in [7, 11) is 1.57. The highest BCUT2D eigenvalue weighted by atomic mass is 16.2. The molecule has 4 aromatic rings. The first kappa shape index (κ1) is 20.1.